The SMILES string of the molecule is NCCCCCCN1C=CC=CC1. The molecule has 1 heterocycles. The summed E-state index contributed by atoms with van der Waals surface area (Å²) in [4.78, 5) is 2.35. The molecule has 0 spiro atoms. The number of nitrogens with zero attached hydrogens (tertiary/aromatic N) is 1. The molecule has 1 aliphatic heterocycles. The third kappa shape index (κ3) is 4.73. The van der Waals surface area contributed by atoms with Crippen LogP contribution in [-0.2, 0) is 0 Å². The topological polar surface area (TPSA) is 29.3 Å². The summed E-state index contributed by atoms with van der Waals surface area (Å²) >= 11 is 0. The van der Waals surface area contributed by atoms with Crippen molar-refractivity contribution in [1.29, 1.82) is 0 Å². The monoisotopic (exact) mass is 180 g/mol. The maximum absolute atomic E-state index is 5.42. The fourth-order valence-corrected chi connectivity index (χ4v) is 1.49. The Morgan fingerprint density at radius 3 is 2.62 bits per heavy atom. The zero-order chi connectivity index (χ0) is 9.36. The van der Waals surface area contributed by atoms with E-state index in [1.165, 1.54) is 32.2 Å². The van der Waals surface area contributed by atoms with Crippen LogP contribution in [0.1, 0.15) is 25.7 Å². The predicted octanol–water partition coefficient (Wildman–Crippen LogP) is 1.89. The van der Waals surface area contributed by atoms with Gasteiger partial charge in [0.1, 0.15) is 0 Å². The Morgan fingerprint density at radius 1 is 1.08 bits per heavy atom. The molecule has 13 heavy (non-hydrogen) atoms. The molecule has 0 amide bonds. The first-order valence-electron chi connectivity index (χ1n) is 5.21. The van der Waals surface area contributed by atoms with Gasteiger partial charge in [0.15, 0.2) is 0 Å². The predicted molar refractivity (Wildman–Crippen MR) is 57.4 cm³/mol. The van der Waals surface area contributed by atoms with Gasteiger partial charge in [-0.1, -0.05) is 25.0 Å². The van der Waals surface area contributed by atoms with Crippen molar-refractivity contribution in [2.45, 2.75) is 25.7 Å². The van der Waals surface area contributed by atoms with Gasteiger partial charge in [-0.25, -0.2) is 0 Å². The number of hydrogen-bond donors (Lipinski definition) is 1. The normalized spacial score (nSPS) is 15.3. The van der Waals surface area contributed by atoms with Crippen LogP contribution in [0.5, 0.6) is 0 Å². The van der Waals surface area contributed by atoms with Gasteiger partial charge in [-0.15, -0.1) is 0 Å². The molecule has 0 aromatic carbocycles. The maximum Gasteiger partial charge on any atom is 0.0357 e. The first-order chi connectivity index (χ1) is 6.43. The Balaban J connectivity index is 1.93. The van der Waals surface area contributed by atoms with Crippen molar-refractivity contribution in [2.75, 3.05) is 19.6 Å². The van der Waals surface area contributed by atoms with Gasteiger partial charge in [-0.05, 0) is 31.7 Å². The van der Waals surface area contributed by atoms with Crippen molar-refractivity contribution in [3.8, 4) is 0 Å². The molecule has 2 heteroatoms. The molecule has 0 saturated heterocycles. The highest BCUT2D eigenvalue weighted by Crippen LogP contribution is 2.04. The van der Waals surface area contributed by atoms with Gasteiger partial charge in [0.25, 0.3) is 0 Å². The maximum atomic E-state index is 5.42. The molecule has 0 aromatic rings. The van der Waals surface area contributed by atoms with Crippen LogP contribution in [0.4, 0.5) is 0 Å². The van der Waals surface area contributed by atoms with E-state index in [-0.39, 0.29) is 0 Å². The Labute approximate surface area is 81.1 Å². The van der Waals surface area contributed by atoms with Crippen LogP contribution < -0.4 is 5.73 Å². The first-order valence-corrected chi connectivity index (χ1v) is 5.21. The molecule has 1 aliphatic rings. The van der Waals surface area contributed by atoms with Crippen molar-refractivity contribution in [2.24, 2.45) is 5.73 Å². The standard InChI is InChI=1S/C11H20N2/c12-8-4-1-2-5-9-13-10-6-3-7-11-13/h3,6-7,10H,1-2,4-5,8-9,11-12H2. The van der Waals surface area contributed by atoms with Crippen molar-refractivity contribution in [3.63, 3.8) is 0 Å². The highest BCUT2D eigenvalue weighted by Gasteiger charge is 1.98. The van der Waals surface area contributed by atoms with Crippen LogP contribution in [0.15, 0.2) is 24.4 Å². The van der Waals surface area contributed by atoms with Crippen LogP contribution in [0.2, 0.25) is 0 Å². The molecule has 0 aromatic heterocycles. The van der Waals surface area contributed by atoms with Gasteiger partial charge >= 0.3 is 0 Å². The van der Waals surface area contributed by atoms with E-state index in [0.717, 1.165) is 13.1 Å². The van der Waals surface area contributed by atoms with Gasteiger partial charge in [-0.3, -0.25) is 0 Å². The molecular weight excluding hydrogens is 160 g/mol. The Kier molecular flexibility index (Phi) is 5.34. The summed E-state index contributed by atoms with van der Waals surface area (Å²) in [5.74, 6) is 0. The largest absolute Gasteiger partial charge is 0.374 e. The molecule has 0 unspecified atom stereocenters. The minimum Gasteiger partial charge on any atom is -0.374 e. The third-order valence-electron chi connectivity index (χ3n) is 2.28. The van der Waals surface area contributed by atoms with Crippen molar-refractivity contribution < 1.29 is 0 Å². The van der Waals surface area contributed by atoms with E-state index in [9.17, 15) is 0 Å². The van der Waals surface area contributed by atoms with Crippen LogP contribution in [-0.4, -0.2) is 24.5 Å². The molecule has 0 saturated carbocycles. The molecule has 0 radical (unpaired) electrons. The summed E-state index contributed by atoms with van der Waals surface area (Å²) in [5.41, 5.74) is 5.42. The highest BCUT2D eigenvalue weighted by molar-refractivity contribution is 5.08. The number of rotatable bonds is 6. The molecule has 0 fully saturated rings. The van der Waals surface area contributed by atoms with Crippen LogP contribution >= 0.6 is 0 Å². The van der Waals surface area contributed by atoms with E-state index in [1.807, 2.05) is 0 Å². The molecule has 74 valence electrons. The second kappa shape index (κ2) is 6.72. The van der Waals surface area contributed by atoms with Crippen LogP contribution in [0.25, 0.3) is 0 Å². The average Bonchev–Trinajstić information content (AvgIpc) is 2.19. The fraction of sp³-hybridized carbons (Fsp3) is 0.636. The summed E-state index contributed by atoms with van der Waals surface area (Å²) in [6.07, 6.45) is 13.6. The Morgan fingerprint density at radius 2 is 1.92 bits per heavy atom. The average molecular weight is 180 g/mol. The lowest BCUT2D eigenvalue weighted by Crippen LogP contribution is -2.19. The smallest absolute Gasteiger partial charge is 0.0357 e. The Bertz CT molecular complexity index is 173. The van der Waals surface area contributed by atoms with Gasteiger partial charge in [0.2, 0.25) is 0 Å². The minimum atomic E-state index is 0.840. The summed E-state index contributed by atoms with van der Waals surface area (Å²) in [6, 6.07) is 0. The number of allylic oxidation sites excluding steroid dienone is 2. The molecule has 1 rings (SSSR count). The lowest BCUT2D eigenvalue weighted by Gasteiger charge is -2.20. The van der Waals surface area contributed by atoms with Crippen LogP contribution in [0.3, 0.4) is 0 Å². The van der Waals surface area contributed by atoms with Crippen molar-refractivity contribution in [3.05, 3.63) is 24.4 Å². The molecular formula is C11H20N2. The molecule has 0 bridgehead atoms. The molecule has 2 nitrogen and oxygen atoms in total. The number of unbranched alkanes of at least 4 members (excludes halogenated alkanes) is 3. The van der Waals surface area contributed by atoms with Gasteiger partial charge < -0.3 is 10.6 Å². The first kappa shape index (κ1) is 10.3. The van der Waals surface area contributed by atoms with E-state index in [4.69, 9.17) is 5.73 Å². The van der Waals surface area contributed by atoms with Gasteiger partial charge in [0.05, 0.1) is 0 Å². The number of hydrogen-bond acceptors (Lipinski definition) is 2. The summed E-state index contributed by atoms with van der Waals surface area (Å²) in [7, 11) is 0. The summed E-state index contributed by atoms with van der Waals surface area (Å²) in [6.45, 7) is 3.10. The fourth-order valence-electron chi connectivity index (χ4n) is 1.49. The lowest BCUT2D eigenvalue weighted by molar-refractivity contribution is 0.393. The molecule has 2 N–H and O–H groups in total. The van der Waals surface area contributed by atoms with Gasteiger partial charge in [0, 0.05) is 13.1 Å². The van der Waals surface area contributed by atoms with Gasteiger partial charge in [-0.2, -0.15) is 0 Å². The third-order valence-corrected chi connectivity index (χ3v) is 2.28. The van der Waals surface area contributed by atoms with E-state index in [2.05, 4.69) is 29.3 Å². The van der Waals surface area contributed by atoms with Crippen molar-refractivity contribution >= 4 is 0 Å². The van der Waals surface area contributed by atoms with Crippen molar-refractivity contribution in [1.82, 2.24) is 4.90 Å². The lowest BCUT2D eigenvalue weighted by atomic mass is 10.2. The van der Waals surface area contributed by atoms with E-state index in [1.54, 1.807) is 0 Å². The summed E-state index contributed by atoms with van der Waals surface area (Å²) < 4.78 is 0. The number of nitrogens with two attached hydrogens (primary N) is 1. The molecule has 0 atom stereocenters. The second-order valence-corrected chi connectivity index (χ2v) is 3.47. The van der Waals surface area contributed by atoms with E-state index in [0.29, 0.717) is 0 Å². The molecule has 0 aliphatic carbocycles. The van der Waals surface area contributed by atoms with Crippen LogP contribution in [0, 0.1) is 0 Å². The highest BCUT2D eigenvalue weighted by atomic mass is 15.1. The quantitative estimate of drug-likeness (QED) is 0.632. The zero-order valence-electron chi connectivity index (χ0n) is 8.28. The van der Waals surface area contributed by atoms with E-state index >= 15 is 0 Å². The van der Waals surface area contributed by atoms with E-state index < -0.39 is 0 Å². The second-order valence-electron chi connectivity index (χ2n) is 3.47. The Hall–Kier alpha value is -0.760. The zero-order valence-corrected chi connectivity index (χ0v) is 8.28. The minimum absolute atomic E-state index is 0.840. The summed E-state index contributed by atoms with van der Waals surface area (Å²) in [5, 5.41) is 0.